The van der Waals surface area contributed by atoms with Crippen LogP contribution in [-0.2, 0) is 6.61 Å². The average molecular weight is 308 g/mol. The van der Waals surface area contributed by atoms with Gasteiger partial charge in [0.25, 0.3) is 0 Å². The number of aromatic amines is 1. The van der Waals surface area contributed by atoms with E-state index in [1.165, 1.54) is 0 Å². The summed E-state index contributed by atoms with van der Waals surface area (Å²) in [4.78, 5) is 6.65. The molecule has 2 aromatic rings. The van der Waals surface area contributed by atoms with Crippen LogP contribution >= 0.6 is 11.6 Å². The first-order valence-corrected chi connectivity index (χ1v) is 7.36. The Labute approximate surface area is 128 Å². The minimum Gasteiger partial charge on any atom is -0.486 e. The highest BCUT2D eigenvalue weighted by molar-refractivity contribution is 6.30. The van der Waals surface area contributed by atoms with E-state index in [2.05, 4.69) is 32.3 Å². The van der Waals surface area contributed by atoms with E-state index >= 15 is 0 Å². The Bertz CT molecular complexity index is 585. The van der Waals surface area contributed by atoms with Crippen molar-refractivity contribution in [2.45, 2.75) is 19.6 Å². The summed E-state index contributed by atoms with van der Waals surface area (Å²) in [6.45, 7) is 5.29. The predicted octanol–water partition coefficient (Wildman–Crippen LogP) is 1.84. The van der Waals surface area contributed by atoms with Crippen molar-refractivity contribution >= 4 is 17.5 Å². The Balaban J connectivity index is 1.58. The minimum absolute atomic E-state index is 0.357. The van der Waals surface area contributed by atoms with E-state index in [0.29, 0.717) is 23.5 Å². The Morgan fingerprint density at radius 2 is 2.19 bits per heavy atom. The smallest absolute Gasteiger partial charge is 0.244 e. The molecule has 0 spiro atoms. The van der Waals surface area contributed by atoms with Gasteiger partial charge in [0.05, 0.1) is 0 Å². The van der Waals surface area contributed by atoms with E-state index in [1.807, 2.05) is 12.1 Å². The van der Waals surface area contributed by atoms with Crippen LogP contribution in [0, 0.1) is 0 Å². The van der Waals surface area contributed by atoms with Gasteiger partial charge in [-0.25, -0.2) is 0 Å². The molecule has 0 aliphatic carbocycles. The second-order valence-corrected chi connectivity index (χ2v) is 5.56. The number of benzene rings is 1. The summed E-state index contributed by atoms with van der Waals surface area (Å²) in [5.41, 5.74) is 0. The van der Waals surface area contributed by atoms with Gasteiger partial charge >= 0.3 is 0 Å². The highest BCUT2D eigenvalue weighted by Crippen LogP contribution is 2.17. The molecule has 1 atom stereocenters. The maximum Gasteiger partial charge on any atom is 0.244 e. The van der Waals surface area contributed by atoms with Crippen molar-refractivity contribution in [2.24, 2.45) is 0 Å². The number of halogens is 1. The van der Waals surface area contributed by atoms with Crippen LogP contribution in [-0.4, -0.2) is 40.9 Å². The maximum atomic E-state index is 5.84. The monoisotopic (exact) mass is 307 g/mol. The molecule has 0 amide bonds. The molecule has 2 N–H and O–H groups in total. The quantitative estimate of drug-likeness (QED) is 0.902. The van der Waals surface area contributed by atoms with E-state index in [1.54, 1.807) is 12.1 Å². The number of nitrogens with one attached hydrogen (secondary N) is 2. The van der Waals surface area contributed by atoms with Gasteiger partial charge in [0.1, 0.15) is 12.4 Å². The molecule has 0 radical (unpaired) electrons. The number of anilines is 1. The zero-order chi connectivity index (χ0) is 14.7. The van der Waals surface area contributed by atoms with Crippen LogP contribution in [0.5, 0.6) is 5.75 Å². The molecule has 1 aromatic carbocycles. The van der Waals surface area contributed by atoms with Gasteiger partial charge in [0.2, 0.25) is 5.95 Å². The standard InChI is InChI=1S/C14H18ClN5O/c1-10-8-20(7-6-16-10)14-17-13(18-19-14)9-21-12-4-2-11(15)3-5-12/h2-5,10,16H,6-9H2,1H3,(H,17,18,19)/t10-/m0/s1. The number of piperazine rings is 1. The predicted molar refractivity (Wildman–Crippen MR) is 81.8 cm³/mol. The third-order valence-electron chi connectivity index (χ3n) is 3.36. The Hall–Kier alpha value is -1.79. The van der Waals surface area contributed by atoms with Crippen molar-refractivity contribution in [3.05, 3.63) is 35.1 Å². The fraction of sp³-hybridized carbons (Fsp3) is 0.429. The number of hydrogen-bond donors (Lipinski definition) is 2. The van der Waals surface area contributed by atoms with Gasteiger partial charge in [-0.3, -0.25) is 5.10 Å². The summed E-state index contributed by atoms with van der Waals surface area (Å²) in [6.07, 6.45) is 0. The summed E-state index contributed by atoms with van der Waals surface area (Å²) >= 11 is 5.84. The van der Waals surface area contributed by atoms with E-state index in [4.69, 9.17) is 16.3 Å². The van der Waals surface area contributed by atoms with Crippen molar-refractivity contribution in [1.82, 2.24) is 20.5 Å². The van der Waals surface area contributed by atoms with Gasteiger partial charge in [-0.05, 0) is 31.2 Å². The first-order valence-electron chi connectivity index (χ1n) is 6.99. The largest absolute Gasteiger partial charge is 0.486 e. The molecule has 0 bridgehead atoms. The normalized spacial score (nSPS) is 18.8. The Morgan fingerprint density at radius 3 is 2.95 bits per heavy atom. The molecule has 6 nitrogen and oxygen atoms in total. The molecule has 1 saturated heterocycles. The molecule has 1 aromatic heterocycles. The fourth-order valence-electron chi connectivity index (χ4n) is 2.29. The number of H-pyrrole nitrogens is 1. The third-order valence-corrected chi connectivity index (χ3v) is 3.61. The zero-order valence-corrected chi connectivity index (χ0v) is 12.6. The van der Waals surface area contributed by atoms with Crippen molar-refractivity contribution in [2.75, 3.05) is 24.5 Å². The molecule has 7 heteroatoms. The van der Waals surface area contributed by atoms with Crippen LogP contribution < -0.4 is 15.0 Å². The average Bonchev–Trinajstić information content (AvgIpc) is 2.96. The first-order chi connectivity index (χ1) is 10.2. The van der Waals surface area contributed by atoms with E-state index < -0.39 is 0 Å². The first kappa shape index (κ1) is 14.2. The molecule has 1 aliphatic heterocycles. The molecule has 2 heterocycles. The number of aromatic nitrogens is 3. The SMILES string of the molecule is C[C@H]1CN(c2n[nH]c(COc3ccc(Cl)cc3)n2)CCN1. The van der Waals surface area contributed by atoms with Gasteiger partial charge in [0.15, 0.2) is 5.82 Å². The molecule has 21 heavy (non-hydrogen) atoms. The van der Waals surface area contributed by atoms with Crippen LogP contribution in [0.1, 0.15) is 12.7 Å². The second-order valence-electron chi connectivity index (χ2n) is 5.13. The molecule has 0 saturated carbocycles. The van der Waals surface area contributed by atoms with Crippen molar-refractivity contribution < 1.29 is 4.74 Å². The second kappa shape index (κ2) is 6.32. The molecular formula is C14H18ClN5O. The maximum absolute atomic E-state index is 5.84. The van der Waals surface area contributed by atoms with Crippen molar-refractivity contribution in [1.29, 1.82) is 0 Å². The van der Waals surface area contributed by atoms with Gasteiger partial charge in [-0.15, -0.1) is 5.10 Å². The summed E-state index contributed by atoms with van der Waals surface area (Å²) in [6, 6.07) is 7.70. The number of nitrogens with zero attached hydrogens (tertiary/aromatic N) is 3. The molecule has 3 rings (SSSR count). The Morgan fingerprint density at radius 1 is 1.38 bits per heavy atom. The van der Waals surface area contributed by atoms with Gasteiger partial charge < -0.3 is 15.0 Å². The van der Waals surface area contributed by atoms with E-state index in [0.717, 1.165) is 31.3 Å². The number of rotatable bonds is 4. The van der Waals surface area contributed by atoms with E-state index in [-0.39, 0.29) is 0 Å². The van der Waals surface area contributed by atoms with Gasteiger partial charge in [0, 0.05) is 30.7 Å². The third kappa shape index (κ3) is 3.65. The molecule has 1 fully saturated rings. The molecule has 112 valence electrons. The summed E-state index contributed by atoms with van der Waals surface area (Å²) in [7, 11) is 0. The fourth-order valence-corrected chi connectivity index (χ4v) is 2.41. The van der Waals surface area contributed by atoms with Crippen LogP contribution in [0.3, 0.4) is 0 Å². The summed E-state index contributed by atoms with van der Waals surface area (Å²) < 4.78 is 5.65. The lowest BCUT2D eigenvalue weighted by Gasteiger charge is -2.30. The summed E-state index contributed by atoms with van der Waals surface area (Å²) in [5.74, 6) is 2.21. The minimum atomic E-state index is 0.357. The lowest BCUT2D eigenvalue weighted by atomic mass is 10.2. The molecule has 1 aliphatic rings. The molecular weight excluding hydrogens is 290 g/mol. The van der Waals surface area contributed by atoms with E-state index in [9.17, 15) is 0 Å². The number of ether oxygens (including phenoxy) is 1. The lowest BCUT2D eigenvalue weighted by molar-refractivity contribution is 0.296. The topological polar surface area (TPSA) is 66.1 Å². The highest BCUT2D eigenvalue weighted by atomic mass is 35.5. The van der Waals surface area contributed by atoms with Crippen LogP contribution in [0.25, 0.3) is 0 Å². The Kier molecular flexibility index (Phi) is 4.26. The summed E-state index contributed by atoms with van der Waals surface area (Å²) in [5, 5.41) is 11.3. The van der Waals surface area contributed by atoms with Gasteiger partial charge in [-0.1, -0.05) is 11.6 Å². The van der Waals surface area contributed by atoms with Crippen molar-refractivity contribution in [3.63, 3.8) is 0 Å². The van der Waals surface area contributed by atoms with Crippen LogP contribution in [0.15, 0.2) is 24.3 Å². The van der Waals surface area contributed by atoms with Crippen LogP contribution in [0.4, 0.5) is 5.95 Å². The van der Waals surface area contributed by atoms with Crippen molar-refractivity contribution in [3.8, 4) is 5.75 Å². The lowest BCUT2D eigenvalue weighted by Crippen LogP contribution is -2.49. The highest BCUT2D eigenvalue weighted by Gasteiger charge is 2.19. The van der Waals surface area contributed by atoms with Crippen LogP contribution in [0.2, 0.25) is 5.02 Å². The molecule has 0 unspecified atom stereocenters. The van der Waals surface area contributed by atoms with Gasteiger partial charge in [-0.2, -0.15) is 4.98 Å². The zero-order valence-electron chi connectivity index (χ0n) is 11.8. The number of hydrogen-bond acceptors (Lipinski definition) is 5.